The minimum Gasteiger partial charge on any atom is -0.372 e. The minimum absolute atomic E-state index is 0.0660. The van der Waals surface area contributed by atoms with Gasteiger partial charge in [-0.15, -0.1) is 0 Å². The lowest BCUT2D eigenvalue weighted by Gasteiger charge is -2.36. The van der Waals surface area contributed by atoms with Crippen LogP contribution in [0.5, 0.6) is 0 Å². The molecule has 0 bridgehead atoms. The van der Waals surface area contributed by atoms with Gasteiger partial charge in [-0.1, -0.05) is 36.4 Å². The smallest absolute Gasteiger partial charge is 0.270 e. The summed E-state index contributed by atoms with van der Waals surface area (Å²) in [5, 5.41) is 0.142. The number of anilines is 3. The van der Waals surface area contributed by atoms with Crippen molar-refractivity contribution in [1.29, 1.82) is 0 Å². The highest BCUT2D eigenvalue weighted by Gasteiger charge is 2.41. The maximum atomic E-state index is 13.7. The molecule has 1 fully saturated rings. The van der Waals surface area contributed by atoms with Gasteiger partial charge < -0.3 is 4.90 Å². The molecule has 0 aliphatic carbocycles. The molecule has 0 N–H and O–H groups in total. The molecule has 3 aromatic rings. The Morgan fingerprint density at radius 3 is 1.94 bits per heavy atom. The molecule has 5 nitrogen and oxygen atoms in total. The minimum atomic E-state index is -0.431. The molecule has 1 saturated heterocycles. The maximum absolute atomic E-state index is 13.7. The highest BCUT2D eigenvalue weighted by Crippen LogP contribution is 2.31. The summed E-state index contributed by atoms with van der Waals surface area (Å²) in [6, 6.07) is 22.8. The largest absolute Gasteiger partial charge is 0.372 e. The van der Waals surface area contributed by atoms with E-state index in [-0.39, 0.29) is 10.7 Å². The number of benzene rings is 3. The van der Waals surface area contributed by atoms with Crippen molar-refractivity contribution >= 4 is 52.3 Å². The van der Waals surface area contributed by atoms with Gasteiger partial charge in [0.1, 0.15) is 5.57 Å². The van der Waals surface area contributed by atoms with Gasteiger partial charge in [-0.25, -0.2) is 0 Å². The zero-order valence-electron chi connectivity index (χ0n) is 20.5. The Morgan fingerprint density at radius 2 is 1.37 bits per heavy atom. The van der Waals surface area contributed by atoms with Gasteiger partial charge in [0.2, 0.25) is 0 Å². The van der Waals surface area contributed by atoms with Crippen molar-refractivity contribution in [2.75, 3.05) is 27.8 Å². The standard InChI is InChI=1S/C29H29N3O2S/c1-5-30(6-2)23-16-13-22(14-17-23)19-26-27(33)31(24-10-8-7-9-11-24)29(35)32(28(26)34)25-15-12-20(3)21(4)18-25/h7-19H,5-6H2,1-4H3/b26-19-. The van der Waals surface area contributed by atoms with Crippen LogP contribution in [0.15, 0.2) is 78.4 Å². The Labute approximate surface area is 212 Å². The van der Waals surface area contributed by atoms with Crippen LogP contribution < -0.4 is 14.7 Å². The molecule has 35 heavy (non-hydrogen) atoms. The van der Waals surface area contributed by atoms with Gasteiger partial charge in [0.05, 0.1) is 11.4 Å². The number of hydrogen-bond donors (Lipinski definition) is 0. The zero-order chi connectivity index (χ0) is 25.1. The topological polar surface area (TPSA) is 43.9 Å². The van der Waals surface area contributed by atoms with E-state index in [2.05, 4.69) is 18.7 Å². The normalized spacial score (nSPS) is 15.2. The Hall–Kier alpha value is -3.77. The van der Waals surface area contributed by atoms with E-state index in [4.69, 9.17) is 12.2 Å². The summed E-state index contributed by atoms with van der Waals surface area (Å²) in [4.78, 5) is 32.5. The molecule has 0 radical (unpaired) electrons. The van der Waals surface area contributed by atoms with E-state index in [0.29, 0.717) is 11.4 Å². The zero-order valence-corrected chi connectivity index (χ0v) is 21.3. The molecule has 6 heteroatoms. The Kier molecular flexibility index (Phi) is 7.12. The fourth-order valence-electron chi connectivity index (χ4n) is 4.16. The molecule has 0 saturated carbocycles. The lowest BCUT2D eigenvalue weighted by Crippen LogP contribution is -2.57. The molecule has 2 amide bonds. The third kappa shape index (κ3) is 4.75. The SMILES string of the molecule is CCN(CC)c1ccc(/C=C2/C(=O)N(c3ccccc3)C(=S)N(c3ccc(C)c(C)c3)C2=O)cc1. The van der Waals surface area contributed by atoms with Gasteiger partial charge in [0, 0.05) is 18.8 Å². The van der Waals surface area contributed by atoms with E-state index >= 15 is 0 Å². The first kappa shape index (κ1) is 24.4. The Morgan fingerprint density at radius 1 is 0.771 bits per heavy atom. The van der Waals surface area contributed by atoms with Gasteiger partial charge in [-0.05, 0) is 99.1 Å². The van der Waals surface area contributed by atoms with E-state index in [0.717, 1.165) is 35.5 Å². The van der Waals surface area contributed by atoms with Crippen molar-refractivity contribution in [3.63, 3.8) is 0 Å². The molecule has 4 rings (SSSR count). The predicted octanol–water partition coefficient (Wildman–Crippen LogP) is 5.90. The second-order valence-electron chi connectivity index (χ2n) is 8.49. The summed E-state index contributed by atoms with van der Waals surface area (Å²) in [5.74, 6) is -0.859. The maximum Gasteiger partial charge on any atom is 0.270 e. The van der Waals surface area contributed by atoms with Crippen LogP contribution in [0.4, 0.5) is 17.1 Å². The number of carbonyl (C=O) groups excluding carboxylic acids is 2. The molecule has 0 aromatic heterocycles. The van der Waals surface area contributed by atoms with Crippen molar-refractivity contribution in [3.8, 4) is 0 Å². The van der Waals surface area contributed by atoms with Crippen LogP contribution in [0.3, 0.4) is 0 Å². The van der Waals surface area contributed by atoms with Crippen molar-refractivity contribution < 1.29 is 9.59 Å². The van der Waals surface area contributed by atoms with E-state index in [9.17, 15) is 9.59 Å². The lowest BCUT2D eigenvalue weighted by molar-refractivity contribution is -0.120. The summed E-state index contributed by atoms with van der Waals surface area (Å²) in [6.45, 7) is 10.0. The molecule has 1 heterocycles. The molecule has 0 unspecified atom stereocenters. The fourth-order valence-corrected chi connectivity index (χ4v) is 4.54. The first-order valence-electron chi connectivity index (χ1n) is 11.8. The molecule has 1 aliphatic heterocycles. The number of amides is 2. The number of thiocarbonyl (C=S) groups is 1. The van der Waals surface area contributed by atoms with Gasteiger partial charge in [0.15, 0.2) is 5.11 Å². The molecule has 0 atom stereocenters. The summed E-state index contributed by atoms with van der Waals surface area (Å²) >= 11 is 5.71. The van der Waals surface area contributed by atoms with Crippen molar-refractivity contribution in [1.82, 2.24) is 0 Å². The van der Waals surface area contributed by atoms with Crippen LogP contribution in [0, 0.1) is 13.8 Å². The molecule has 3 aromatic carbocycles. The predicted molar refractivity (Wildman–Crippen MR) is 148 cm³/mol. The number of para-hydroxylation sites is 1. The number of carbonyl (C=O) groups is 2. The van der Waals surface area contributed by atoms with Crippen LogP contribution in [0.2, 0.25) is 0 Å². The highest BCUT2D eigenvalue weighted by molar-refractivity contribution is 7.81. The molecule has 1 aliphatic rings. The van der Waals surface area contributed by atoms with Crippen LogP contribution in [0.1, 0.15) is 30.5 Å². The second-order valence-corrected chi connectivity index (χ2v) is 8.85. The van der Waals surface area contributed by atoms with Crippen LogP contribution in [0.25, 0.3) is 6.08 Å². The van der Waals surface area contributed by atoms with E-state index < -0.39 is 11.8 Å². The third-order valence-corrected chi connectivity index (χ3v) is 6.71. The van der Waals surface area contributed by atoms with E-state index in [1.54, 1.807) is 6.08 Å². The summed E-state index contributed by atoms with van der Waals surface area (Å²) < 4.78 is 0. The number of aryl methyl sites for hydroxylation is 2. The number of nitrogens with zero attached hydrogens (tertiary/aromatic N) is 3. The monoisotopic (exact) mass is 483 g/mol. The quantitative estimate of drug-likeness (QED) is 0.249. The van der Waals surface area contributed by atoms with Gasteiger partial charge in [-0.2, -0.15) is 0 Å². The number of hydrogen-bond acceptors (Lipinski definition) is 4. The Bertz CT molecular complexity index is 1300. The van der Waals surface area contributed by atoms with Gasteiger partial charge >= 0.3 is 0 Å². The van der Waals surface area contributed by atoms with Crippen molar-refractivity contribution in [2.24, 2.45) is 0 Å². The van der Waals surface area contributed by atoms with Gasteiger partial charge in [0.25, 0.3) is 11.8 Å². The molecule has 0 spiro atoms. The van der Waals surface area contributed by atoms with E-state index in [1.165, 1.54) is 9.80 Å². The van der Waals surface area contributed by atoms with E-state index in [1.807, 2.05) is 86.6 Å². The van der Waals surface area contributed by atoms with Crippen LogP contribution in [-0.4, -0.2) is 30.0 Å². The molecule has 178 valence electrons. The average Bonchev–Trinajstić information content (AvgIpc) is 2.86. The Balaban J connectivity index is 1.81. The van der Waals surface area contributed by atoms with Gasteiger partial charge in [-0.3, -0.25) is 19.4 Å². The van der Waals surface area contributed by atoms with Crippen LogP contribution in [-0.2, 0) is 9.59 Å². The van der Waals surface area contributed by atoms with Crippen molar-refractivity contribution in [3.05, 3.63) is 95.1 Å². The summed E-state index contributed by atoms with van der Waals surface area (Å²) in [6.07, 6.45) is 1.66. The number of rotatable bonds is 6. The third-order valence-electron chi connectivity index (χ3n) is 6.35. The first-order chi connectivity index (χ1) is 16.8. The lowest BCUT2D eigenvalue weighted by atomic mass is 10.0. The average molecular weight is 484 g/mol. The van der Waals surface area contributed by atoms with Crippen LogP contribution >= 0.6 is 12.2 Å². The first-order valence-corrected chi connectivity index (χ1v) is 12.2. The highest BCUT2D eigenvalue weighted by atomic mass is 32.1. The fraction of sp³-hybridized carbons (Fsp3) is 0.207. The van der Waals surface area contributed by atoms with Crippen molar-refractivity contribution in [2.45, 2.75) is 27.7 Å². The molecular weight excluding hydrogens is 454 g/mol. The summed E-state index contributed by atoms with van der Waals surface area (Å²) in [7, 11) is 0. The summed E-state index contributed by atoms with van der Waals surface area (Å²) in [5.41, 5.74) is 5.35. The molecular formula is C29H29N3O2S. The second kappa shape index (κ2) is 10.2.